The van der Waals surface area contributed by atoms with E-state index in [2.05, 4.69) is 54.6 Å². The van der Waals surface area contributed by atoms with Gasteiger partial charge in [-0.15, -0.1) is 0 Å². The average molecular weight is 381 g/mol. The van der Waals surface area contributed by atoms with E-state index >= 15 is 0 Å². The predicted octanol–water partition coefficient (Wildman–Crippen LogP) is 5.43. The van der Waals surface area contributed by atoms with Crippen molar-refractivity contribution in [2.24, 2.45) is 0 Å². The Morgan fingerprint density at radius 1 is 0.828 bits per heavy atom. The number of carbonyl (C=O) groups excluding carboxylic acids is 1. The Bertz CT molecular complexity index is 1050. The largest absolute Gasteiger partial charge is 0.482 e. The first-order valence-corrected chi connectivity index (χ1v) is 10.1. The molecular formula is C26H23NO2. The zero-order chi connectivity index (χ0) is 19.7. The molecule has 0 atom stereocenters. The van der Waals surface area contributed by atoms with E-state index in [1.165, 1.54) is 11.1 Å². The predicted molar refractivity (Wildman–Crippen MR) is 116 cm³/mol. The maximum absolute atomic E-state index is 12.7. The number of hydrogen-bond acceptors (Lipinski definition) is 2. The maximum Gasteiger partial charge on any atom is 0.253 e. The van der Waals surface area contributed by atoms with Gasteiger partial charge in [0.1, 0.15) is 11.4 Å². The lowest BCUT2D eigenvalue weighted by Crippen LogP contribution is -2.49. The summed E-state index contributed by atoms with van der Waals surface area (Å²) < 4.78 is 6.46. The van der Waals surface area contributed by atoms with E-state index in [0.717, 1.165) is 29.7 Å². The number of ether oxygens (including phenoxy) is 1. The van der Waals surface area contributed by atoms with Crippen molar-refractivity contribution in [2.45, 2.75) is 18.4 Å². The molecule has 2 aliphatic heterocycles. The summed E-state index contributed by atoms with van der Waals surface area (Å²) in [4.78, 5) is 14.6. The molecule has 3 aromatic rings. The number of rotatable bonds is 2. The number of piperidine rings is 1. The normalized spacial score (nSPS) is 16.9. The molecule has 1 fully saturated rings. The van der Waals surface area contributed by atoms with Gasteiger partial charge in [0, 0.05) is 37.1 Å². The molecule has 0 aliphatic carbocycles. The number of carbonyl (C=O) groups is 1. The van der Waals surface area contributed by atoms with Crippen LogP contribution >= 0.6 is 0 Å². The van der Waals surface area contributed by atoms with Crippen LogP contribution in [0.5, 0.6) is 5.75 Å². The molecule has 0 aromatic heterocycles. The van der Waals surface area contributed by atoms with E-state index in [0.29, 0.717) is 13.1 Å². The fraction of sp³-hybridized carbons (Fsp3) is 0.192. The smallest absolute Gasteiger partial charge is 0.253 e. The van der Waals surface area contributed by atoms with Crippen molar-refractivity contribution in [3.05, 3.63) is 96.1 Å². The van der Waals surface area contributed by atoms with Crippen LogP contribution in [0.4, 0.5) is 0 Å². The van der Waals surface area contributed by atoms with E-state index in [9.17, 15) is 4.79 Å². The van der Waals surface area contributed by atoms with Crippen molar-refractivity contribution in [1.29, 1.82) is 0 Å². The number of nitrogens with zero attached hydrogens (tertiary/aromatic N) is 1. The van der Waals surface area contributed by atoms with Gasteiger partial charge in [-0.3, -0.25) is 4.79 Å². The molecule has 29 heavy (non-hydrogen) atoms. The minimum atomic E-state index is -0.311. The maximum atomic E-state index is 12.7. The Labute approximate surface area is 171 Å². The van der Waals surface area contributed by atoms with Gasteiger partial charge in [-0.2, -0.15) is 0 Å². The zero-order valence-electron chi connectivity index (χ0n) is 16.3. The first-order chi connectivity index (χ1) is 14.2. The Morgan fingerprint density at radius 3 is 2.24 bits per heavy atom. The molecule has 3 aromatic carbocycles. The van der Waals surface area contributed by atoms with Gasteiger partial charge >= 0.3 is 0 Å². The molecule has 0 bridgehead atoms. The SMILES string of the molecule is O=C(c1ccccc1)N1CCC2(C=Cc3cc(-c4ccccc4)ccc3O2)CC1. The minimum Gasteiger partial charge on any atom is -0.482 e. The monoisotopic (exact) mass is 381 g/mol. The summed E-state index contributed by atoms with van der Waals surface area (Å²) in [6.07, 6.45) is 5.98. The quantitative estimate of drug-likeness (QED) is 0.592. The zero-order valence-corrected chi connectivity index (χ0v) is 16.3. The lowest BCUT2D eigenvalue weighted by Gasteiger charge is -2.42. The van der Waals surface area contributed by atoms with Gasteiger partial charge in [0.25, 0.3) is 5.91 Å². The summed E-state index contributed by atoms with van der Waals surface area (Å²) >= 11 is 0. The molecule has 3 nitrogen and oxygen atoms in total. The van der Waals surface area contributed by atoms with E-state index < -0.39 is 0 Å². The van der Waals surface area contributed by atoms with Gasteiger partial charge in [-0.1, -0.05) is 60.7 Å². The van der Waals surface area contributed by atoms with Crippen LogP contribution in [0.15, 0.2) is 84.9 Å². The summed E-state index contributed by atoms with van der Waals surface area (Å²) in [6, 6.07) is 26.3. The second kappa shape index (κ2) is 7.25. The van der Waals surface area contributed by atoms with E-state index in [-0.39, 0.29) is 11.5 Å². The molecular weight excluding hydrogens is 358 g/mol. The lowest BCUT2D eigenvalue weighted by atomic mass is 9.87. The van der Waals surface area contributed by atoms with Crippen molar-refractivity contribution in [3.63, 3.8) is 0 Å². The summed E-state index contributed by atoms with van der Waals surface area (Å²) in [5, 5.41) is 0. The van der Waals surface area contributed by atoms with E-state index in [1.807, 2.05) is 41.3 Å². The molecule has 1 saturated heterocycles. The van der Waals surface area contributed by atoms with Crippen molar-refractivity contribution >= 4 is 12.0 Å². The van der Waals surface area contributed by atoms with Crippen LogP contribution in [0.2, 0.25) is 0 Å². The summed E-state index contributed by atoms with van der Waals surface area (Å²) in [6.45, 7) is 1.41. The fourth-order valence-electron chi connectivity index (χ4n) is 4.20. The van der Waals surface area contributed by atoms with E-state index in [1.54, 1.807) is 0 Å². The molecule has 3 heteroatoms. The fourth-order valence-corrected chi connectivity index (χ4v) is 4.20. The van der Waals surface area contributed by atoms with Crippen LogP contribution in [-0.2, 0) is 0 Å². The number of amides is 1. The summed E-state index contributed by atoms with van der Waals surface area (Å²) in [7, 11) is 0. The van der Waals surface area contributed by atoms with Crippen molar-refractivity contribution < 1.29 is 9.53 Å². The Hall–Kier alpha value is -3.33. The molecule has 2 aliphatic rings. The molecule has 2 heterocycles. The van der Waals surface area contributed by atoms with Gasteiger partial charge in [0.15, 0.2) is 0 Å². The molecule has 1 spiro atoms. The van der Waals surface area contributed by atoms with Crippen molar-refractivity contribution in [2.75, 3.05) is 13.1 Å². The molecule has 144 valence electrons. The second-order valence-corrected chi connectivity index (χ2v) is 7.78. The number of benzene rings is 3. The van der Waals surface area contributed by atoms with Gasteiger partial charge in [0.05, 0.1) is 0 Å². The second-order valence-electron chi connectivity index (χ2n) is 7.78. The van der Waals surface area contributed by atoms with Gasteiger partial charge in [-0.25, -0.2) is 0 Å². The highest BCUT2D eigenvalue weighted by atomic mass is 16.5. The number of hydrogen-bond donors (Lipinski definition) is 0. The molecule has 5 rings (SSSR count). The summed E-state index contributed by atoms with van der Waals surface area (Å²) in [5.74, 6) is 1.03. The Morgan fingerprint density at radius 2 is 1.52 bits per heavy atom. The first kappa shape index (κ1) is 17.7. The minimum absolute atomic E-state index is 0.105. The number of fused-ring (bicyclic) bond motifs is 1. The third-order valence-electron chi connectivity index (χ3n) is 5.91. The van der Waals surface area contributed by atoms with Crippen LogP contribution in [0, 0.1) is 0 Å². The van der Waals surface area contributed by atoms with Crippen LogP contribution in [0.3, 0.4) is 0 Å². The standard InChI is InChI=1S/C26H23NO2/c28-25(21-9-5-2-6-10-21)27-17-15-26(16-18-27)14-13-23-19-22(11-12-24(23)29-26)20-7-3-1-4-8-20/h1-14,19H,15-18H2. The molecule has 1 amide bonds. The number of likely N-dealkylation sites (tertiary alicyclic amines) is 1. The molecule has 0 saturated carbocycles. The highest BCUT2D eigenvalue weighted by Crippen LogP contribution is 2.39. The molecule has 0 radical (unpaired) electrons. The van der Waals surface area contributed by atoms with Crippen molar-refractivity contribution in [3.8, 4) is 16.9 Å². The van der Waals surface area contributed by atoms with Crippen LogP contribution < -0.4 is 4.74 Å². The first-order valence-electron chi connectivity index (χ1n) is 10.1. The third-order valence-corrected chi connectivity index (χ3v) is 5.91. The van der Waals surface area contributed by atoms with Gasteiger partial charge in [0.2, 0.25) is 0 Å². The average Bonchev–Trinajstić information content (AvgIpc) is 2.80. The molecule has 0 N–H and O–H groups in total. The highest BCUT2D eigenvalue weighted by molar-refractivity contribution is 5.94. The van der Waals surface area contributed by atoms with Crippen molar-refractivity contribution in [1.82, 2.24) is 4.90 Å². The Kier molecular flexibility index (Phi) is 4.44. The van der Waals surface area contributed by atoms with Crippen LogP contribution in [0.25, 0.3) is 17.2 Å². The topological polar surface area (TPSA) is 29.5 Å². The highest BCUT2D eigenvalue weighted by Gasteiger charge is 2.38. The third kappa shape index (κ3) is 3.44. The molecule has 0 unspecified atom stereocenters. The van der Waals surface area contributed by atoms with Crippen LogP contribution in [-0.4, -0.2) is 29.5 Å². The lowest BCUT2D eigenvalue weighted by molar-refractivity contribution is 0.0329. The van der Waals surface area contributed by atoms with Crippen LogP contribution in [0.1, 0.15) is 28.8 Å². The van der Waals surface area contributed by atoms with Gasteiger partial charge in [-0.05, 0) is 41.5 Å². The Balaban J connectivity index is 1.31. The van der Waals surface area contributed by atoms with Gasteiger partial charge < -0.3 is 9.64 Å². The summed E-state index contributed by atoms with van der Waals surface area (Å²) in [5.41, 5.74) is 3.95. The van der Waals surface area contributed by atoms with E-state index in [4.69, 9.17) is 4.74 Å².